The molecule has 5 heteroatoms. The van der Waals surface area contributed by atoms with Gasteiger partial charge >= 0.3 is 11.9 Å². The number of hydrogen-bond donors (Lipinski definition) is 0. The summed E-state index contributed by atoms with van der Waals surface area (Å²) in [4.78, 5) is 27.5. The molecule has 2 saturated carbocycles. The van der Waals surface area contributed by atoms with Crippen LogP contribution in [0.5, 0.6) is 0 Å². The molecule has 6 atom stereocenters. The van der Waals surface area contributed by atoms with Crippen LogP contribution in [0.25, 0.3) is 0 Å². The predicted molar refractivity (Wildman–Crippen MR) is 116 cm³/mol. The van der Waals surface area contributed by atoms with Crippen molar-refractivity contribution in [1.29, 1.82) is 0 Å². The van der Waals surface area contributed by atoms with Crippen LogP contribution in [-0.4, -0.2) is 23.8 Å². The zero-order valence-electron chi connectivity index (χ0n) is 19.0. The number of ether oxygens (including phenoxy) is 1. The molecule has 4 aliphatic carbocycles. The van der Waals surface area contributed by atoms with Gasteiger partial charge in [0, 0.05) is 20.3 Å². The highest BCUT2D eigenvalue weighted by molar-refractivity contribution is 5.99. The molecule has 4 rings (SSSR count). The van der Waals surface area contributed by atoms with Gasteiger partial charge in [0.05, 0.1) is 5.71 Å². The average molecular weight is 414 g/mol. The number of hydrogen-bond acceptors (Lipinski definition) is 5. The van der Waals surface area contributed by atoms with Gasteiger partial charge in [-0.2, -0.15) is 0 Å². The number of allylic oxidation sites excluding steroid dienone is 3. The molecule has 0 aromatic rings. The van der Waals surface area contributed by atoms with E-state index in [0.29, 0.717) is 17.8 Å². The molecule has 0 radical (unpaired) electrons. The Morgan fingerprint density at radius 3 is 2.40 bits per heavy atom. The SMILES string of the molecule is CC(=O)O/N=C(/C)C1=CC[C@@H]2[C@@H]3CC=C4C[C@H](OC(C)=O)CC[C@]4(C)[C@@H]3CC[C@]12C. The Hall–Kier alpha value is -1.91. The Balaban J connectivity index is 1.55. The molecule has 0 amide bonds. The molecule has 5 nitrogen and oxygen atoms in total. The molecule has 0 saturated heterocycles. The van der Waals surface area contributed by atoms with Crippen LogP contribution in [0.15, 0.2) is 28.5 Å². The molecular weight excluding hydrogens is 378 g/mol. The van der Waals surface area contributed by atoms with Gasteiger partial charge in [-0.3, -0.25) is 4.79 Å². The highest BCUT2D eigenvalue weighted by atomic mass is 16.7. The minimum Gasteiger partial charge on any atom is -0.462 e. The highest BCUT2D eigenvalue weighted by Crippen LogP contribution is 2.65. The van der Waals surface area contributed by atoms with Gasteiger partial charge in [0.1, 0.15) is 6.10 Å². The van der Waals surface area contributed by atoms with Crippen molar-refractivity contribution in [2.45, 2.75) is 85.7 Å². The van der Waals surface area contributed by atoms with Crippen molar-refractivity contribution in [3.8, 4) is 0 Å². The van der Waals surface area contributed by atoms with Crippen LogP contribution in [-0.2, 0) is 19.2 Å². The second-order valence-electron chi connectivity index (χ2n) is 10.3. The van der Waals surface area contributed by atoms with E-state index in [1.54, 1.807) is 0 Å². The maximum atomic E-state index is 11.4. The number of nitrogens with zero attached hydrogens (tertiary/aromatic N) is 1. The fraction of sp³-hybridized carbons (Fsp3) is 0.720. The Morgan fingerprint density at radius 2 is 1.70 bits per heavy atom. The van der Waals surface area contributed by atoms with Crippen molar-refractivity contribution in [2.75, 3.05) is 0 Å². The van der Waals surface area contributed by atoms with Gasteiger partial charge in [-0.15, -0.1) is 0 Å². The number of oxime groups is 1. The fourth-order valence-electron chi connectivity index (χ4n) is 7.27. The Bertz CT molecular complexity index is 840. The third-order valence-electron chi connectivity index (χ3n) is 8.67. The smallest absolute Gasteiger partial charge is 0.331 e. The minimum absolute atomic E-state index is 0.0483. The number of fused-ring (bicyclic) bond motifs is 5. The maximum absolute atomic E-state index is 11.4. The summed E-state index contributed by atoms with van der Waals surface area (Å²) in [5, 5.41) is 4.10. The number of carbonyl (C=O) groups excluding carboxylic acids is 2. The van der Waals surface area contributed by atoms with Crippen LogP contribution in [0.2, 0.25) is 0 Å². The Kier molecular flexibility index (Phi) is 5.44. The lowest BCUT2D eigenvalue weighted by atomic mass is 9.47. The van der Waals surface area contributed by atoms with Gasteiger partial charge in [-0.05, 0) is 79.6 Å². The van der Waals surface area contributed by atoms with Gasteiger partial charge in [-0.1, -0.05) is 36.7 Å². The molecule has 2 fully saturated rings. The summed E-state index contributed by atoms with van der Waals surface area (Å²) in [7, 11) is 0. The fourth-order valence-corrected chi connectivity index (χ4v) is 7.27. The quantitative estimate of drug-likeness (QED) is 0.205. The first-order chi connectivity index (χ1) is 14.1. The van der Waals surface area contributed by atoms with E-state index in [9.17, 15) is 9.59 Å². The van der Waals surface area contributed by atoms with E-state index in [1.807, 2.05) is 6.92 Å². The van der Waals surface area contributed by atoms with E-state index in [1.165, 1.54) is 31.4 Å². The lowest BCUT2D eigenvalue weighted by molar-refractivity contribution is -0.148. The summed E-state index contributed by atoms with van der Waals surface area (Å²) in [5.41, 5.74) is 3.96. The van der Waals surface area contributed by atoms with Crippen molar-refractivity contribution >= 4 is 17.7 Å². The lowest BCUT2D eigenvalue weighted by Gasteiger charge is -2.57. The Labute approximate surface area is 179 Å². The Morgan fingerprint density at radius 1 is 0.967 bits per heavy atom. The molecule has 0 spiro atoms. The zero-order chi connectivity index (χ0) is 21.7. The van der Waals surface area contributed by atoms with Gasteiger partial charge in [0.15, 0.2) is 0 Å². The van der Waals surface area contributed by atoms with Crippen molar-refractivity contribution < 1.29 is 19.2 Å². The third-order valence-corrected chi connectivity index (χ3v) is 8.67. The van der Waals surface area contributed by atoms with E-state index in [4.69, 9.17) is 9.57 Å². The second-order valence-corrected chi connectivity index (χ2v) is 10.3. The first kappa shape index (κ1) is 21.3. The molecule has 0 aliphatic heterocycles. The lowest BCUT2D eigenvalue weighted by Crippen LogP contribution is -2.50. The molecule has 0 aromatic heterocycles. The summed E-state index contributed by atoms with van der Waals surface area (Å²) in [6.07, 6.45) is 12.4. The average Bonchev–Trinajstić information content (AvgIpc) is 3.03. The van der Waals surface area contributed by atoms with E-state index < -0.39 is 0 Å². The molecule has 0 heterocycles. The molecule has 0 unspecified atom stereocenters. The van der Waals surface area contributed by atoms with Crippen LogP contribution in [0.3, 0.4) is 0 Å². The van der Waals surface area contributed by atoms with Crippen LogP contribution in [0.4, 0.5) is 0 Å². The van der Waals surface area contributed by atoms with Crippen LogP contribution in [0, 0.1) is 28.6 Å². The maximum Gasteiger partial charge on any atom is 0.331 e. The summed E-state index contributed by atoms with van der Waals surface area (Å²) in [5.74, 6) is 1.42. The topological polar surface area (TPSA) is 65.0 Å². The van der Waals surface area contributed by atoms with Crippen molar-refractivity contribution in [1.82, 2.24) is 0 Å². The number of carbonyl (C=O) groups is 2. The van der Waals surface area contributed by atoms with Crippen molar-refractivity contribution in [3.05, 3.63) is 23.3 Å². The largest absolute Gasteiger partial charge is 0.462 e. The second kappa shape index (κ2) is 7.65. The minimum atomic E-state index is -0.374. The van der Waals surface area contributed by atoms with E-state index in [0.717, 1.165) is 44.2 Å². The summed E-state index contributed by atoms with van der Waals surface area (Å²) >= 11 is 0. The van der Waals surface area contributed by atoms with Crippen molar-refractivity contribution in [2.24, 2.45) is 33.7 Å². The van der Waals surface area contributed by atoms with Gasteiger partial charge < -0.3 is 9.57 Å². The molecule has 4 aliphatic rings. The van der Waals surface area contributed by atoms with Gasteiger partial charge in [0.2, 0.25) is 0 Å². The number of esters is 1. The standard InChI is InChI=1S/C25H35NO4/c1-15(26-30-17(3)28)21-8-9-22-20-7-6-18-14-19(29-16(2)27)10-12-24(18,4)23(20)11-13-25(21,22)5/h6,8,19-20,22-23H,7,9-14H2,1-5H3/b26-15-/t19-,20+,22-,23-,24+,25-/m1/s1. The number of rotatable bonds is 3. The molecule has 164 valence electrons. The first-order valence-corrected chi connectivity index (χ1v) is 11.4. The molecule has 0 aromatic carbocycles. The van der Waals surface area contributed by atoms with E-state index in [2.05, 4.69) is 31.2 Å². The van der Waals surface area contributed by atoms with Crippen LogP contribution >= 0.6 is 0 Å². The van der Waals surface area contributed by atoms with Crippen molar-refractivity contribution in [3.63, 3.8) is 0 Å². The normalized spacial score (nSPS) is 40.4. The van der Waals surface area contributed by atoms with E-state index in [-0.39, 0.29) is 28.9 Å². The first-order valence-electron chi connectivity index (χ1n) is 11.4. The predicted octanol–water partition coefficient (Wildman–Crippen LogP) is 5.36. The van der Waals surface area contributed by atoms with Crippen LogP contribution in [0.1, 0.15) is 79.6 Å². The highest BCUT2D eigenvalue weighted by Gasteiger charge is 2.57. The molecular formula is C25H35NO4. The zero-order valence-corrected chi connectivity index (χ0v) is 19.0. The van der Waals surface area contributed by atoms with Gasteiger partial charge in [-0.25, -0.2) is 4.79 Å². The van der Waals surface area contributed by atoms with Gasteiger partial charge in [0.25, 0.3) is 0 Å². The monoisotopic (exact) mass is 413 g/mol. The third kappa shape index (κ3) is 3.44. The summed E-state index contributed by atoms with van der Waals surface area (Å²) in [6.45, 7) is 9.71. The van der Waals surface area contributed by atoms with Crippen LogP contribution < -0.4 is 0 Å². The summed E-state index contributed by atoms with van der Waals surface area (Å²) < 4.78 is 5.55. The molecule has 30 heavy (non-hydrogen) atoms. The van der Waals surface area contributed by atoms with E-state index >= 15 is 0 Å². The summed E-state index contributed by atoms with van der Waals surface area (Å²) in [6, 6.07) is 0. The molecule has 0 bridgehead atoms. The molecule has 0 N–H and O–H groups in total.